The average molecular weight is 310 g/mol. The first-order chi connectivity index (χ1) is 10.3. The van der Waals surface area contributed by atoms with Gasteiger partial charge in [-0.3, -0.25) is 14.9 Å². The predicted octanol–water partition coefficient (Wildman–Crippen LogP) is -1.24. The molecule has 0 saturated carbocycles. The number of nitrogens with one attached hydrogen (secondary N) is 1. The maximum absolute atomic E-state index is 12.2. The molecular formula is C12H14N4O6. The van der Waals surface area contributed by atoms with Gasteiger partial charge in [0.1, 0.15) is 11.4 Å². The number of carbonyl (C=O) groups excluding carboxylic acids is 2. The Morgan fingerprint density at radius 2 is 1.59 bits per heavy atom. The topological polar surface area (TPSA) is 153 Å². The van der Waals surface area contributed by atoms with Gasteiger partial charge in [-0.1, -0.05) is 0 Å². The summed E-state index contributed by atoms with van der Waals surface area (Å²) in [6.07, 6.45) is -1.37. The van der Waals surface area contributed by atoms with Crippen LogP contribution in [-0.2, 0) is 9.59 Å². The number of rotatable bonds is 3. The molecule has 0 bridgehead atoms. The number of Topliss-reactive ketones (excluding diaryl/α,β-unsaturated/α-hetero) is 1. The fourth-order valence-electron chi connectivity index (χ4n) is 1.95. The molecule has 2 saturated heterocycles. The van der Waals surface area contributed by atoms with Crippen molar-refractivity contribution in [1.29, 1.82) is 0 Å². The van der Waals surface area contributed by atoms with E-state index in [0.717, 1.165) is 13.1 Å². The van der Waals surface area contributed by atoms with Gasteiger partial charge in [0.15, 0.2) is 0 Å². The van der Waals surface area contributed by atoms with Gasteiger partial charge in [0, 0.05) is 32.3 Å². The summed E-state index contributed by atoms with van der Waals surface area (Å²) in [6, 6.07) is 0. The van der Waals surface area contributed by atoms with Crippen LogP contribution in [0.4, 0.5) is 9.59 Å². The van der Waals surface area contributed by atoms with E-state index in [1.807, 2.05) is 0 Å². The Kier molecular flexibility index (Phi) is 4.02. The molecule has 10 nitrogen and oxygen atoms in total. The highest BCUT2D eigenvalue weighted by atomic mass is 16.4. The molecule has 3 rings (SSSR count). The van der Waals surface area contributed by atoms with Crippen molar-refractivity contribution in [2.24, 2.45) is 5.73 Å². The predicted molar refractivity (Wildman–Crippen MR) is 71.6 cm³/mol. The van der Waals surface area contributed by atoms with Crippen molar-refractivity contribution in [1.82, 2.24) is 15.1 Å². The summed E-state index contributed by atoms with van der Waals surface area (Å²) in [7, 11) is 0. The van der Waals surface area contributed by atoms with E-state index < -0.39 is 18.0 Å². The number of hydrogen-bond donors (Lipinski definition) is 4. The maximum Gasteiger partial charge on any atom is 0.409 e. The number of amides is 2. The second-order valence-electron chi connectivity index (χ2n) is 4.69. The molecule has 0 aromatic carbocycles. The first-order valence-corrected chi connectivity index (χ1v) is 6.34. The molecule has 5 N–H and O–H groups in total. The van der Waals surface area contributed by atoms with Gasteiger partial charge in [-0.2, -0.15) is 0 Å². The Balaban J connectivity index is 0.000000396. The Labute approximate surface area is 124 Å². The molecule has 0 unspecified atom stereocenters. The normalized spacial score (nSPS) is 19.2. The molecule has 0 atom stereocenters. The summed E-state index contributed by atoms with van der Waals surface area (Å²) in [5.74, 6) is -0.728. The van der Waals surface area contributed by atoms with E-state index >= 15 is 0 Å². The molecule has 2 amide bonds. The van der Waals surface area contributed by atoms with Crippen LogP contribution in [0.5, 0.6) is 0 Å². The number of primary amides is 1. The summed E-state index contributed by atoms with van der Waals surface area (Å²) in [4.78, 5) is 47.1. The van der Waals surface area contributed by atoms with Crippen LogP contribution in [-0.4, -0.2) is 69.9 Å². The average Bonchev–Trinajstić information content (AvgIpc) is 3.24. The molecule has 3 aliphatic rings. The lowest BCUT2D eigenvalue weighted by Gasteiger charge is -2.20. The third-order valence-corrected chi connectivity index (χ3v) is 2.98. The molecule has 2 fully saturated rings. The minimum absolute atomic E-state index is 0.116. The van der Waals surface area contributed by atoms with Crippen LogP contribution in [0.2, 0.25) is 0 Å². The van der Waals surface area contributed by atoms with Crippen molar-refractivity contribution in [3.8, 4) is 0 Å². The summed E-state index contributed by atoms with van der Waals surface area (Å²) in [5.41, 5.74) is 4.37. The SMILES string of the molecule is NC(=O)O.O=C(O)NC1=C(N2CC2)C(=O)C=C(N2CC2)C1=O. The van der Waals surface area contributed by atoms with Crippen molar-refractivity contribution >= 4 is 23.8 Å². The van der Waals surface area contributed by atoms with Crippen molar-refractivity contribution in [3.63, 3.8) is 0 Å². The fraction of sp³-hybridized carbons (Fsp3) is 0.333. The molecule has 0 aromatic rings. The van der Waals surface area contributed by atoms with Crippen molar-refractivity contribution in [2.45, 2.75) is 0 Å². The molecule has 0 aromatic heterocycles. The summed E-state index contributed by atoms with van der Waals surface area (Å²) in [6.45, 7) is 2.80. The van der Waals surface area contributed by atoms with E-state index in [1.165, 1.54) is 6.08 Å². The quantitative estimate of drug-likeness (QED) is 0.373. The van der Waals surface area contributed by atoms with Crippen LogP contribution < -0.4 is 11.1 Å². The van der Waals surface area contributed by atoms with E-state index in [2.05, 4.69) is 11.1 Å². The van der Waals surface area contributed by atoms with Crippen LogP contribution in [0.1, 0.15) is 0 Å². The highest BCUT2D eigenvalue weighted by Gasteiger charge is 2.39. The number of carboxylic acid groups (broad SMARTS) is 2. The molecule has 10 heteroatoms. The van der Waals surface area contributed by atoms with Gasteiger partial charge in [-0.05, 0) is 0 Å². The van der Waals surface area contributed by atoms with Gasteiger partial charge in [0.2, 0.25) is 11.6 Å². The monoisotopic (exact) mass is 310 g/mol. The second-order valence-corrected chi connectivity index (χ2v) is 4.69. The van der Waals surface area contributed by atoms with Crippen LogP contribution in [0.3, 0.4) is 0 Å². The number of carbonyl (C=O) groups is 4. The molecule has 1 aliphatic carbocycles. The molecule has 2 heterocycles. The Morgan fingerprint density at radius 3 is 2.00 bits per heavy atom. The minimum atomic E-state index is -1.34. The first-order valence-electron chi connectivity index (χ1n) is 6.34. The lowest BCUT2D eigenvalue weighted by Crippen LogP contribution is -2.35. The van der Waals surface area contributed by atoms with Crippen molar-refractivity contribution < 1.29 is 29.4 Å². The van der Waals surface area contributed by atoms with Gasteiger partial charge < -0.3 is 25.7 Å². The molecule has 2 aliphatic heterocycles. The van der Waals surface area contributed by atoms with Gasteiger partial charge >= 0.3 is 12.2 Å². The smallest absolute Gasteiger partial charge is 0.409 e. The van der Waals surface area contributed by atoms with Crippen LogP contribution in [0.25, 0.3) is 0 Å². The third kappa shape index (κ3) is 3.53. The zero-order chi connectivity index (χ0) is 16.4. The minimum Gasteiger partial charge on any atom is -0.465 e. The highest BCUT2D eigenvalue weighted by Crippen LogP contribution is 2.28. The molecule has 118 valence electrons. The van der Waals surface area contributed by atoms with E-state index in [0.29, 0.717) is 13.1 Å². The number of allylic oxidation sites excluding steroid dienone is 1. The van der Waals surface area contributed by atoms with E-state index in [1.54, 1.807) is 9.80 Å². The van der Waals surface area contributed by atoms with Crippen LogP contribution in [0.15, 0.2) is 23.2 Å². The number of hydrogen-bond acceptors (Lipinski definition) is 6. The van der Waals surface area contributed by atoms with Gasteiger partial charge in [0.05, 0.1) is 5.70 Å². The van der Waals surface area contributed by atoms with Crippen LogP contribution >= 0.6 is 0 Å². The highest BCUT2D eigenvalue weighted by molar-refractivity contribution is 6.23. The largest absolute Gasteiger partial charge is 0.465 e. The number of nitrogens with zero attached hydrogens (tertiary/aromatic N) is 2. The number of ketones is 2. The standard InChI is InChI=1S/C11H11N3O4.CH3NO2/c15-7-5-6(13-1-2-13)10(16)8(12-11(17)18)9(7)14-3-4-14;2-1(3)4/h5,12H,1-4H2,(H,17,18);2H2,(H,3,4). The van der Waals surface area contributed by atoms with Crippen LogP contribution in [0, 0.1) is 0 Å². The Bertz CT molecular complexity index is 611. The molecule has 0 radical (unpaired) electrons. The fourth-order valence-corrected chi connectivity index (χ4v) is 1.95. The van der Waals surface area contributed by atoms with Gasteiger partial charge in [0.25, 0.3) is 0 Å². The molecular weight excluding hydrogens is 296 g/mol. The summed E-state index contributed by atoms with van der Waals surface area (Å²) >= 11 is 0. The number of nitrogens with two attached hydrogens (primary N) is 1. The summed E-state index contributed by atoms with van der Waals surface area (Å²) in [5, 5.41) is 18.0. The Hall–Kier alpha value is -3.04. The first kappa shape index (κ1) is 15.4. The lowest BCUT2D eigenvalue weighted by molar-refractivity contribution is -0.117. The second kappa shape index (κ2) is 5.76. The van der Waals surface area contributed by atoms with Gasteiger partial charge in [-0.25, -0.2) is 9.59 Å². The lowest BCUT2D eigenvalue weighted by atomic mass is 10.0. The summed E-state index contributed by atoms with van der Waals surface area (Å²) < 4.78 is 0. The molecule has 22 heavy (non-hydrogen) atoms. The van der Waals surface area contributed by atoms with Gasteiger partial charge in [-0.15, -0.1) is 0 Å². The van der Waals surface area contributed by atoms with E-state index in [-0.39, 0.29) is 22.9 Å². The zero-order valence-corrected chi connectivity index (χ0v) is 11.4. The Morgan fingerprint density at radius 1 is 1.09 bits per heavy atom. The van der Waals surface area contributed by atoms with E-state index in [9.17, 15) is 14.4 Å². The maximum atomic E-state index is 12.2. The van der Waals surface area contributed by atoms with Crippen molar-refractivity contribution in [2.75, 3.05) is 26.2 Å². The van der Waals surface area contributed by atoms with E-state index in [4.69, 9.17) is 15.0 Å². The zero-order valence-electron chi connectivity index (χ0n) is 11.4. The molecule has 0 spiro atoms. The third-order valence-electron chi connectivity index (χ3n) is 2.98. The van der Waals surface area contributed by atoms with Crippen molar-refractivity contribution in [3.05, 3.63) is 23.2 Å².